The third kappa shape index (κ3) is 5.17. The molecule has 1 aliphatic heterocycles. The van der Waals surface area contributed by atoms with Gasteiger partial charge in [-0.05, 0) is 44.9 Å². The number of thioether (sulfide) groups is 1. The lowest BCUT2D eigenvalue weighted by Gasteiger charge is -2.19. The van der Waals surface area contributed by atoms with Crippen LogP contribution in [0.25, 0.3) is 0 Å². The zero-order valence-electron chi connectivity index (χ0n) is 17.8. The lowest BCUT2D eigenvalue weighted by atomic mass is 10.1. The summed E-state index contributed by atoms with van der Waals surface area (Å²) in [5.74, 6) is -1.79. The maximum absolute atomic E-state index is 13.4. The quantitative estimate of drug-likeness (QED) is 0.281. The summed E-state index contributed by atoms with van der Waals surface area (Å²) in [6.07, 6.45) is 0.468. The molecule has 0 aliphatic carbocycles. The minimum absolute atomic E-state index is 0.103. The maximum atomic E-state index is 13.4. The molecule has 2 aromatic carbocycles. The number of amides is 1. The summed E-state index contributed by atoms with van der Waals surface area (Å²) in [7, 11) is 0. The Bertz CT molecular complexity index is 965. The van der Waals surface area contributed by atoms with Crippen LogP contribution < -0.4 is 4.90 Å². The van der Waals surface area contributed by atoms with Crippen molar-refractivity contribution in [2.24, 2.45) is 0 Å². The highest BCUT2D eigenvalue weighted by Gasteiger charge is 2.43. The number of aryl methyl sites for hydroxylation is 1. The molecule has 0 spiro atoms. The van der Waals surface area contributed by atoms with Crippen molar-refractivity contribution in [3.8, 4) is 0 Å². The van der Waals surface area contributed by atoms with E-state index in [1.165, 1.54) is 16.7 Å². The van der Waals surface area contributed by atoms with Gasteiger partial charge in [0.25, 0.3) is 0 Å². The van der Waals surface area contributed by atoms with Crippen LogP contribution in [0.1, 0.15) is 25.0 Å². The van der Waals surface area contributed by atoms with Gasteiger partial charge < -0.3 is 9.47 Å². The van der Waals surface area contributed by atoms with Crippen molar-refractivity contribution in [2.45, 2.75) is 32.4 Å². The number of hydrogen-bond acceptors (Lipinski definition) is 6. The van der Waals surface area contributed by atoms with Gasteiger partial charge in [-0.3, -0.25) is 9.69 Å². The molecule has 1 amide bonds. The zero-order chi connectivity index (χ0) is 22.4. The second kappa shape index (κ2) is 10.3. The van der Waals surface area contributed by atoms with Crippen LogP contribution in [0.2, 0.25) is 0 Å². The minimum Gasteiger partial charge on any atom is -0.462 e. The van der Waals surface area contributed by atoms with E-state index in [1.54, 1.807) is 38.1 Å². The van der Waals surface area contributed by atoms with Gasteiger partial charge in [0.15, 0.2) is 5.57 Å². The molecule has 1 atom stereocenters. The monoisotopic (exact) mass is 439 g/mol. The first kappa shape index (κ1) is 22.6. The summed E-state index contributed by atoms with van der Waals surface area (Å²) in [5, 5.41) is -0.248. The van der Waals surface area contributed by atoms with Crippen molar-refractivity contribution in [1.82, 2.24) is 0 Å². The van der Waals surface area contributed by atoms with Crippen LogP contribution in [0, 0.1) is 6.92 Å². The maximum Gasteiger partial charge on any atom is 0.348 e. The fourth-order valence-electron chi connectivity index (χ4n) is 3.21. The van der Waals surface area contributed by atoms with Gasteiger partial charge in [0.1, 0.15) is 5.03 Å². The van der Waals surface area contributed by atoms with Crippen LogP contribution in [0.3, 0.4) is 0 Å². The first-order valence-corrected chi connectivity index (χ1v) is 11.0. The topological polar surface area (TPSA) is 72.9 Å². The van der Waals surface area contributed by atoms with Gasteiger partial charge in [-0.1, -0.05) is 59.8 Å². The highest BCUT2D eigenvalue weighted by molar-refractivity contribution is 8.05. The normalized spacial score (nSPS) is 15.7. The average molecular weight is 440 g/mol. The molecule has 7 heteroatoms. The second-order valence-corrected chi connectivity index (χ2v) is 8.12. The van der Waals surface area contributed by atoms with Crippen LogP contribution >= 0.6 is 11.8 Å². The molecular formula is C24H25NO5S. The van der Waals surface area contributed by atoms with E-state index in [2.05, 4.69) is 0 Å². The van der Waals surface area contributed by atoms with Crippen LogP contribution in [-0.4, -0.2) is 36.3 Å². The van der Waals surface area contributed by atoms with Crippen LogP contribution in [-0.2, 0) is 30.3 Å². The molecule has 2 aromatic rings. The van der Waals surface area contributed by atoms with Gasteiger partial charge in [-0.15, -0.1) is 0 Å². The smallest absolute Gasteiger partial charge is 0.348 e. The van der Waals surface area contributed by atoms with Crippen molar-refractivity contribution in [2.75, 3.05) is 18.1 Å². The summed E-state index contributed by atoms with van der Waals surface area (Å²) in [6, 6.07) is 16.9. The molecule has 0 N–H and O–H groups in total. The number of benzene rings is 2. The Morgan fingerprint density at radius 3 is 2.06 bits per heavy atom. The Balaban J connectivity index is 2.07. The van der Waals surface area contributed by atoms with E-state index in [0.717, 1.165) is 11.1 Å². The highest BCUT2D eigenvalue weighted by Crippen LogP contribution is 2.42. The molecule has 0 unspecified atom stereocenters. The zero-order valence-corrected chi connectivity index (χ0v) is 18.6. The van der Waals surface area contributed by atoms with Crippen molar-refractivity contribution >= 4 is 35.3 Å². The number of hydrogen-bond donors (Lipinski definition) is 0. The lowest BCUT2D eigenvalue weighted by molar-refractivity contribution is -0.146. The molecule has 3 rings (SSSR count). The highest BCUT2D eigenvalue weighted by atomic mass is 32.2. The van der Waals surface area contributed by atoms with Gasteiger partial charge in [-0.2, -0.15) is 0 Å². The molecule has 0 radical (unpaired) electrons. The van der Waals surface area contributed by atoms with Gasteiger partial charge in [0.2, 0.25) is 5.91 Å². The fraction of sp³-hybridized carbons (Fsp3) is 0.292. The Morgan fingerprint density at radius 1 is 0.935 bits per heavy atom. The minimum atomic E-state index is -0.798. The second-order valence-electron chi connectivity index (χ2n) is 6.93. The van der Waals surface area contributed by atoms with Crippen molar-refractivity contribution in [1.29, 1.82) is 0 Å². The van der Waals surface area contributed by atoms with Crippen molar-refractivity contribution in [3.63, 3.8) is 0 Å². The van der Waals surface area contributed by atoms with Crippen molar-refractivity contribution < 1.29 is 23.9 Å². The van der Waals surface area contributed by atoms with Gasteiger partial charge in [-0.25, -0.2) is 9.59 Å². The number of nitrogens with zero attached hydrogens (tertiary/aromatic N) is 1. The molecule has 1 fully saturated rings. The SMILES string of the molecule is CCOC(=O)C(C(=O)OCC)=C1S[C@H](Cc2ccc(C)cc2)C(=O)N1c1ccccc1. The molecule has 0 saturated carbocycles. The Morgan fingerprint density at radius 2 is 1.52 bits per heavy atom. The molecule has 6 nitrogen and oxygen atoms in total. The first-order chi connectivity index (χ1) is 15.0. The Kier molecular flexibility index (Phi) is 7.52. The summed E-state index contributed by atoms with van der Waals surface area (Å²) in [4.78, 5) is 40.2. The third-order valence-corrected chi connectivity index (χ3v) is 5.94. The number of ether oxygens (including phenoxy) is 2. The van der Waals surface area contributed by atoms with Crippen molar-refractivity contribution in [3.05, 3.63) is 76.3 Å². The molecule has 0 bridgehead atoms. The van der Waals surface area contributed by atoms with Gasteiger partial charge >= 0.3 is 11.9 Å². The molecular weight excluding hydrogens is 414 g/mol. The number of anilines is 1. The van der Waals surface area contributed by atoms with Gasteiger partial charge in [0.05, 0.1) is 18.5 Å². The predicted octanol–water partition coefficient (Wildman–Crippen LogP) is 4.02. The van der Waals surface area contributed by atoms with E-state index in [4.69, 9.17) is 9.47 Å². The van der Waals surface area contributed by atoms with Crippen LogP contribution in [0.15, 0.2) is 65.2 Å². The summed E-state index contributed by atoms with van der Waals surface area (Å²) in [5.41, 5.74) is 2.46. The van der Waals surface area contributed by atoms with E-state index < -0.39 is 17.2 Å². The fourth-order valence-corrected chi connectivity index (χ4v) is 4.54. The summed E-state index contributed by atoms with van der Waals surface area (Å²) in [6.45, 7) is 5.53. The van der Waals surface area contributed by atoms with E-state index in [0.29, 0.717) is 12.1 Å². The van der Waals surface area contributed by atoms with Gasteiger partial charge in [0, 0.05) is 5.69 Å². The molecule has 0 aromatic heterocycles. The number of para-hydroxylation sites is 1. The van der Waals surface area contributed by atoms with Crippen LogP contribution in [0.4, 0.5) is 5.69 Å². The van der Waals surface area contributed by atoms with E-state index in [9.17, 15) is 14.4 Å². The van der Waals surface area contributed by atoms with E-state index in [1.807, 2.05) is 37.3 Å². The third-order valence-electron chi connectivity index (χ3n) is 4.68. The molecule has 162 valence electrons. The van der Waals surface area contributed by atoms with E-state index >= 15 is 0 Å². The largest absolute Gasteiger partial charge is 0.462 e. The number of carbonyl (C=O) groups is 3. The first-order valence-electron chi connectivity index (χ1n) is 10.2. The average Bonchev–Trinajstić information content (AvgIpc) is 3.06. The lowest BCUT2D eigenvalue weighted by Crippen LogP contribution is -2.32. The summed E-state index contributed by atoms with van der Waals surface area (Å²) < 4.78 is 10.2. The van der Waals surface area contributed by atoms with Crippen LogP contribution in [0.5, 0.6) is 0 Å². The molecule has 1 saturated heterocycles. The Labute approximate surface area is 186 Å². The molecule has 1 aliphatic rings. The molecule has 31 heavy (non-hydrogen) atoms. The number of carbonyl (C=O) groups excluding carboxylic acids is 3. The Hall–Kier alpha value is -3.06. The number of rotatable bonds is 7. The molecule has 1 heterocycles. The summed E-state index contributed by atoms with van der Waals surface area (Å²) >= 11 is 1.19. The number of esters is 2. The van der Waals surface area contributed by atoms with E-state index in [-0.39, 0.29) is 29.7 Å². The predicted molar refractivity (Wildman–Crippen MR) is 120 cm³/mol. The standard InChI is InChI=1S/C24H25NO5S/c1-4-29-23(27)20(24(28)30-5-2)22-25(18-9-7-6-8-10-18)21(26)19(31-22)15-17-13-11-16(3)12-14-17/h6-14,19H,4-5,15H2,1-3H3/t19-/m1/s1.